The highest BCUT2D eigenvalue weighted by Gasteiger charge is 2.49. The van der Waals surface area contributed by atoms with Gasteiger partial charge in [-0.05, 0) is 47.1 Å². The molecule has 2 unspecified atom stereocenters. The van der Waals surface area contributed by atoms with Crippen molar-refractivity contribution >= 4 is 0 Å². The number of hydrogen-bond acceptors (Lipinski definition) is 4. The first-order chi connectivity index (χ1) is 8.66. The third-order valence-corrected chi connectivity index (χ3v) is 4.08. The topological polar surface area (TPSA) is 65.1 Å². The highest BCUT2D eigenvalue weighted by molar-refractivity contribution is 5.16. The van der Waals surface area contributed by atoms with Crippen LogP contribution in [-0.2, 0) is 11.8 Å². The van der Waals surface area contributed by atoms with Crippen molar-refractivity contribution in [2.24, 2.45) is 18.8 Å². The van der Waals surface area contributed by atoms with Crippen molar-refractivity contribution in [3.05, 3.63) is 17.5 Å². The summed E-state index contributed by atoms with van der Waals surface area (Å²) < 4.78 is 8.08. The molecule has 0 amide bonds. The number of rotatable bonds is 3. The van der Waals surface area contributed by atoms with E-state index >= 15 is 0 Å². The lowest BCUT2D eigenvalue weighted by Gasteiger charge is -2.32. The molecule has 1 saturated heterocycles. The van der Waals surface area contributed by atoms with Crippen molar-refractivity contribution < 1.29 is 4.74 Å². The molecular weight excluding hydrogens is 240 g/mol. The second-order valence-corrected chi connectivity index (χ2v) is 6.75. The normalized spacial score (nSPS) is 26.6. The fraction of sp³-hybridized carbons (Fsp3) is 0.786. The Labute approximate surface area is 115 Å². The van der Waals surface area contributed by atoms with Crippen LogP contribution in [0.1, 0.15) is 51.5 Å². The number of aryl methyl sites for hydroxylation is 2. The first-order valence-corrected chi connectivity index (χ1v) is 6.83. The molecule has 0 radical (unpaired) electrons. The van der Waals surface area contributed by atoms with Crippen molar-refractivity contribution in [1.29, 1.82) is 0 Å². The summed E-state index contributed by atoms with van der Waals surface area (Å²) in [5.41, 5.74) is 4.76. The molecule has 0 spiro atoms. The lowest BCUT2D eigenvalue weighted by molar-refractivity contribution is -0.0781. The van der Waals surface area contributed by atoms with Gasteiger partial charge in [-0.1, -0.05) is 0 Å². The summed E-state index contributed by atoms with van der Waals surface area (Å²) in [7, 11) is 1.96. The monoisotopic (exact) mass is 266 g/mol. The van der Waals surface area contributed by atoms with Crippen molar-refractivity contribution in [1.82, 2.24) is 15.2 Å². The van der Waals surface area contributed by atoms with E-state index in [2.05, 4.69) is 44.3 Å². The molecule has 19 heavy (non-hydrogen) atoms. The second-order valence-electron chi connectivity index (χ2n) is 6.75. The third kappa shape index (κ3) is 2.68. The van der Waals surface area contributed by atoms with Crippen molar-refractivity contribution in [3.63, 3.8) is 0 Å². The standard InChI is InChI=1S/C14H26N4O/c1-9-7-11(18(6)17-9)12(16-15)10-8-13(2,3)19-14(10,4)5/h7,10,12,16H,8,15H2,1-6H3. The highest BCUT2D eigenvalue weighted by atomic mass is 16.5. The smallest absolute Gasteiger partial charge is 0.0685 e. The summed E-state index contributed by atoms with van der Waals surface area (Å²) in [6.45, 7) is 10.5. The minimum absolute atomic E-state index is 0.0444. The summed E-state index contributed by atoms with van der Waals surface area (Å²) in [5, 5.41) is 4.42. The molecule has 108 valence electrons. The van der Waals surface area contributed by atoms with E-state index in [1.165, 1.54) is 0 Å². The lowest BCUT2D eigenvalue weighted by atomic mass is 9.80. The maximum Gasteiger partial charge on any atom is 0.0685 e. The molecule has 0 saturated carbocycles. The van der Waals surface area contributed by atoms with Crippen molar-refractivity contribution in [2.45, 2.75) is 58.3 Å². The number of ether oxygens (including phenoxy) is 1. The Morgan fingerprint density at radius 1 is 1.47 bits per heavy atom. The van der Waals surface area contributed by atoms with Crippen LogP contribution >= 0.6 is 0 Å². The maximum atomic E-state index is 6.17. The Bertz CT molecular complexity index is 464. The van der Waals surface area contributed by atoms with Gasteiger partial charge in [0.05, 0.1) is 28.6 Å². The number of hydrazine groups is 1. The summed E-state index contributed by atoms with van der Waals surface area (Å²) in [6.07, 6.45) is 0.971. The number of nitrogens with one attached hydrogen (secondary N) is 1. The number of hydrogen-bond donors (Lipinski definition) is 2. The summed E-state index contributed by atoms with van der Waals surface area (Å²) in [4.78, 5) is 0. The van der Waals surface area contributed by atoms with Crippen LogP contribution in [-0.4, -0.2) is 21.0 Å². The summed E-state index contributed by atoms with van der Waals surface area (Å²) in [5.74, 6) is 6.13. The van der Waals surface area contributed by atoms with Gasteiger partial charge in [-0.25, -0.2) is 0 Å². The van der Waals surface area contributed by atoms with E-state index in [1.54, 1.807) is 0 Å². The average molecular weight is 266 g/mol. The van der Waals surface area contributed by atoms with Gasteiger partial charge in [-0.15, -0.1) is 0 Å². The van der Waals surface area contributed by atoms with Crippen LogP contribution in [0.3, 0.4) is 0 Å². The Balaban J connectivity index is 2.35. The molecule has 1 aliphatic rings. The van der Waals surface area contributed by atoms with E-state index in [9.17, 15) is 0 Å². The first-order valence-electron chi connectivity index (χ1n) is 6.83. The molecule has 1 aromatic rings. The van der Waals surface area contributed by atoms with E-state index < -0.39 is 0 Å². The molecule has 0 bridgehead atoms. The molecule has 5 heteroatoms. The van der Waals surface area contributed by atoms with Crippen LogP contribution in [0, 0.1) is 12.8 Å². The van der Waals surface area contributed by atoms with Gasteiger partial charge < -0.3 is 4.74 Å². The summed E-state index contributed by atoms with van der Waals surface area (Å²) >= 11 is 0. The Morgan fingerprint density at radius 3 is 2.47 bits per heavy atom. The molecule has 5 nitrogen and oxygen atoms in total. The SMILES string of the molecule is Cc1cc(C(NN)C2CC(C)(C)OC2(C)C)n(C)n1. The van der Waals surface area contributed by atoms with Crippen molar-refractivity contribution in [2.75, 3.05) is 0 Å². The quantitative estimate of drug-likeness (QED) is 0.647. The van der Waals surface area contributed by atoms with Crippen LogP contribution in [0.25, 0.3) is 0 Å². The third-order valence-electron chi connectivity index (χ3n) is 4.08. The first kappa shape index (κ1) is 14.5. The predicted octanol–water partition coefficient (Wildman–Crippen LogP) is 1.83. The largest absolute Gasteiger partial charge is 0.369 e. The van der Waals surface area contributed by atoms with Crippen LogP contribution in [0.4, 0.5) is 0 Å². The molecular formula is C14H26N4O. The minimum Gasteiger partial charge on any atom is -0.369 e. The van der Waals surface area contributed by atoms with E-state index in [0.717, 1.165) is 17.8 Å². The molecule has 0 aliphatic carbocycles. The van der Waals surface area contributed by atoms with Gasteiger partial charge in [0.15, 0.2) is 0 Å². The fourth-order valence-corrected chi connectivity index (χ4v) is 3.45. The van der Waals surface area contributed by atoms with Gasteiger partial charge in [0.2, 0.25) is 0 Å². The molecule has 2 atom stereocenters. The van der Waals surface area contributed by atoms with E-state index in [-0.39, 0.29) is 17.2 Å². The zero-order chi connectivity index (χ0) is 14.4. The highest BCUT2D eigenvalue weighted by Crippen LogP contribution is 2.47. The molecule has 2 heterocycles. The predicted molar refractivity (Wildman–Crippen MR) is 75.4 cm³/mol. The Morgan fingerprint density at radius 2 is 2.11 bits per heavy atom. The van der Waals surface area contributed by atoms with Gasteiger partial charge in [-0.2, -0.15) is 5.10 Å². The molecule has 1 aliphatic heterocycles. The van der Waals surface area contributed by atoms with Crippen LogP contribution in [0.2, 0.25) is 0 Å². The Kier molecular flexibility index (Phi) is 3.49. The van der Waals surface area contributed by atoms with Gasteiger partial charge >= 0.3 is 0 Å². The number of aromatic nitrogens is 2. The lowest BCUT2D eigenvalue weighted by Crippen LogP contribution is -2.42. The number of nitrogens with zero attached hydrogens (tertiary/aromatic N) is 2. The molecule has 2 rings (SSSR count). The average Bonchev–Trinajstić information content (AvgIpc) is 2.66. The van der Waals surface area contributed by atoms with E-state index in [0.29, 0.717) is 5.92 Å². The molecule has 0 aromatic carbocycles. The van der Waals surface area contributed by atoms with Crippen molar-refractivity contribution in [3.8, 4) is 0 Å². The van der Waals surface area contributed by atoms with E-state index in [1.807, 2.05) is 18.7 Å². The minimum atomic E-state index is -0.210. The summed E-state index contributed by atoms with van der Waals surface area (Å²) in [6, 6.07) is 2.13. The zero-order valence-electron chi connectivity index (χ0n) is 12.8. The van der Waals surface area contributed by atoms with Gasteiger partial charge in [-0.3, -0.25) is 16.0 Å². The molecule has 1 fully saturated rings. The van der Waals surface area contributed by atoms with Gasteiger partial charge in [0, 0.05) is 13.0 Å². The van der Waals surface area contributed by atoms with Gasteiger partial charge in [0.1, 0.15) is 0 Å². The zero-order valence-corrected chi connectivity index (χ0v) is 12.8. The van der Waals surface area contributed by atoms with Crippen LogP contribution < -0.4 is 11.3 Å². The number of nitrogens with two attached hydrogens (primary N) is 1. The maximum absolute atomic E-state index is 6.17. The molecule has 3 N–H and O–H groups in total. The Hall–Kier alpha value is -0.910. The van der Waals surface area contributed by atoms with Crippen LogP contribution in [0.5, 0.6) is 0 Å². The van der Waals surface area contributed by atoms with E-state index in [4.69, 9.17) is 10.6 Å². The van der Waals surface area contributed by atoms with Crippen LogP contribution in [0.15, 0.2) is 6.07 Å². The molecule has 1 aromatic heterocycles. The second kappa shape index (κ2) is 4.58. The van der Waals surface area contributed by atoms with Gasteiger partial charge in [0.25, 0.3) is 0 Å². The fourth-order valence-electron chi connectivity index (χ4n) is 3.45.